The Morgan fingerprint density at radius 1 is 0.964 bits per heavy atom. The van der Waals surface area contributed by atoms with E-state index in [4.69, 9.17) is 4.74 Å². The van der Waals surface area contributed by atoms with Gasteiger partial charge in [-0.1, -0.05) is 42.5 Å². The van der Waals surface area contributed by atoms with E-state index in [1.807, 2.05) is 30.3 Å². The fraction of sp³-hybridized carbons (Fsp3) is 0.318. The Kier molecular flexibility index (Phi) is 5.23. The van der Waals surface area contributed by atoms with Gasteiger partial charge in [0.05, 0.1) is 23.7 Å². The Morgan fingerprint density at radius 2 is 1.46 bits per heavy atom. The van der Waals surface area contributed by atoms with E-state index in [-0.39, 0.29) is 18.4 Å². The topological polar surface area (TPSA) is 66.9 Å². The SMILES string of the molecule is CN(C(=O)OC(C)(C)C)[C@H](CN1C(=O)c2ccccc2C1=O)c1ccccc1. The fourth-order valence-electron chi connectivity index (χ4n) is 3.17. The zero-order valence-electron chi connectivity index (χ0n) is 16.5. The molecule has 6 nitrogen and oxygen atoms in total. The summed E-state index contributed by atoms with van der Waals surface area (Å²) in [7, 11) is 1.61. The van der Waals surface area contributed by atoms with E-state index in [9.17, 15) is 14.4 Å². The average Bonchev–Trinajstić information content (AvgIpc) is 2.89. The third-order valence-electron chi connectivity index (χ3n) is 4.57. The second-order valence-electron chi connectivity index (χ2n) is 7.78. The van der Waals surface area contributed by atoms with Crippen LogP contribution in [0.2, 0.25) is 0 Å². The van der Waals surface area contributed by atoms with Crippen molar-refractivity contribution >= 4 is 17.9 Å². The number of fused-ring (bicyclic) bond motifs is 1. The molecule has 0 bridgehead atoms. The monoisotopic (exact) mass is 380 g/mol. The van der Waals surface area contributed by atoms with Crippen LogP contribution in [0.25, 0.3) is 0 Å². The number of carbonyl (C=O) groups excluding carboxylic acids is 3. The summed E-state index contributed by atoms with van der Waals surface area (Å²) in [4.78, 5) is 40.8. The maximum atomic E-state index is 12.8. The fourth-order valence-corrected chi connectivity index (χ4v) is 3.17. The highest BCUT2D eigenvalue weighted by Crippen LogP contribution is 2.28. The molecule has 0 unspecified atom stereocenters. The molecule has 3 amide bonds. The van der Waals surface area contributed by atoms with Crippen molar-refractivity contribution in [2.45, 2.75) is 32.4 Å². The Hall–Kier alpha value is -3.15. The molecule has 0 saturated heterocycles. The van der Waals surface area contributed by atoms with Crippen LogP contribution in [0.1, 0.15) is 53.1 Å². The van der Waals surface area contributed by atoms with E-state index in [1.54, 1.807) is 52.1 Å². The van der Waals surface area contributed by atoms with Crippen LogP contribution in [-0.2, 0) is 4.74 Å². The molecule has 0 N–H and O–H groups in total. The molecule has 146 valence electrons. The van der Waals surface area contributed by atoms with Crippen LogP contribution < -0.4 is 0 Å². The van der Waals surface area contributed by atoms with E-state index in [0.29, 0.717) is 11.1 Å². The first-order valence-corrected chi connectivity index (χ1v) is 9.15. The van der Waals surface area contributed by atoms with Crippen LogP contribution in [-0.4, -0.2) is 46.9 Å². The van der Waals surface area contributed by atoms with E-state index in [0.717, 1.165) is 5.56 Å². The zero-order valence-corrected chi connectivity index (χ0v) is 16.5. The van der Waals surface area contributed by atoms with Gasteiger partial charge in [0.25, 0.3) is 11.8 Å². The highest BCUT2D eigenvalue weighted by Gasteiger charge is 2.38. The third kappa shape index (κ3) is 3.91. The van der Waals surface area contributed by atoms with Gasteiger partial charge in [-0.2, -0.15) is 0 Å². The second kappa shape index (κ2) is 7.46. The molecular weight excluding hydrogens is 356 g/mol. The summed E-state index contributed by atoms with van der Waals surface area (Å²) in [6.45, 7) is 5.42. The molecule has 1 aliphatic heterocycles. The van der Waals surface area contributed by atoms with Crippen molar-refractivity contribution in [1.82, 2.24) is 9.80 Å². The normalized spacial score (nSPS) is 14.6. The number of benzene rings is 2. The first-order chi connectivity index (χ1) is 13.2. The number of rotatable bonds is 4. The predicted molar refractivity (Wildman–Crippen MR) is 105 cm³/mol. The predicted octanol–water partition coefficient (Wildman–Crippen LogP) is 3.89. The standard InChI is InChI=1S/C22H24N2O4/c1-22(2,3)28-21(27)23(4)18(15-10-6-5-7-11-15)14-24-19(25)16-12-8-9-13-17(16)20(24)26/h5-13,18H,14H2,1-4H3/t18-/m1/s1. The number of amides is 3. The molecule has 0 radical (unpaired) electrons. The van der Waals surface area contributed by atoms with Gasteiger partial charge in [0, 0.05) is 7.05 Å². The highest BCUT2D eigenvalue weighted by atomic mass is 16.6. The molecule has 2 aromatic rings. The van der Waals surface area contributed by atoms with Crippen molar-refractivity contribution in [2.75, 3.05) is 13.6 Å². The summed E-state index contributed by atoms with van der Waals surface area (Å²) in [5.74, 6) is -0.696. The number of imide groups is 1. The lowest BCUT2D eigenvalue weighted by Crippen LogP contribution is -2.43. The summed E-state index contributed by atoms with van der Waals surface area (Å²) < 4.78 is 5.48. The van der Waals surface area contributed by atoms with Crippen molar-refractivity contribution in [2.24, 2.45) is 0 Å². The van der Waals surface area contributed by atoms with Gasteiger partial charge < -0.3 is 9.64 Å². The molecule has 2 aromatic carbocycles. The summed E-state index contributed by atoms with van der Waals surface area (Å²) >= 11 is 0. The van der Waals surface area contributed by atoms with Crippen molar-refractivity contribution in [3.8, 4) is 0 Å². The molecule has 0 aromatic heterocycles. The molecular formula is C22H24N2O4. The van der Waals surface area contributed by atoms with Crippen molar-refractivity contribution in [3.63, 3.8) is 0 Å². The molecule has 0 saturated carbocycles. The van der Waals surface area contributed by atoms with Gasteiger partial charge in [-0.15, -0.1) is 0 Å². The summed E-state index contributed by atoms with van der Waals surface area (Å²) in [5.41, 5.74) is 0.938. The first kappa shape index (κ1) is 19.6. The summed E-state index contributed by atoms with van der Waals surface area (Å²) in [6, 6.07) is 15.5. The number of hydrogen-bond donors (Lipinski definition) is 0. The van der Waals surface area contributed by atoms with Gasteiger partial charge in [-0.25, -0.2) is 4.79 Å². The molecule has 0 aliphatic carbocycles. The van der Waals surface area contributed by atoms with Crippen LogP contribution in [0.5, 0.6) is 0 Å². The van der Waals surface area contributed by atoms with Crippen LogP contribution >= 0.6 is 0 Å². The van der Waals surface area contributed by atoms with Crippen LogP contribution in [0, 0.1) is 0 Å². The Bertz CT molecular complexity index is 867. The maximum Gasteiger partial charge on any atom is 0.410 e. The smallest absolute Gasteiger partial charge is 0.410 e. The average molecular weight is 380 g/mol. The van der Waals surface area contributed by atoms with Gasteiger partial charge >= 0.3 is 6.09 Å². The molecule has 0 fully saturated rings. The second-order valence-corrected chi connectivity index (χ2v) is 7.78. The zero-order chi connectivity index (χ0) is 20.5. The quantitative estimate of drug-likeness (QED) is 0.755. The molecule has 0 spiro atoms. The van der Waals surface area contributed by atoms with Crippen molar-refractivity contribution in [1.29, 1.82) is 0 Å². The largest absolute Gasteiger partial charge is 0.444 e. The van der Waals surface area contributed by atoms with E-state index < -0.39 is 17.7 Å². The van der Waals surface area contributed by atoms with Crippen LogP contribution in [0.3, 0.4) is 0 Å². The molecule has 1 atom stereocenters. The highest BCUT2D eigenvalue weighted by molar-refractivity contribution is 6.21. The molecule has 28 heavy (non-hydrogen) atoms. The van der Waals surface area contributed by atoms with E-state index in [2.05, 4.69) is 0 Å². The molecule has 1 aliphatic rings. The van der Waals surface area contributed by atoms with Gasteiger partial charge in [-0.3, -0.25) is 14.5 Å². The summed E-state index contributed by atoms with van der Waals surface area (Å²) in [5, 5.41) is 0. The van der Waals surface area contributed by atoms with Gasteiger partial charge in [0.1, 0.15) is 5.60 Å². The van der Waals surface area contributed by atoms with Gasteiger partial charge in [-0.05, 0) is 38.5 Å². The minimum Gasteiger partial charge on any atom is -0.444 e. The Balaban J connectivity index is 1.90. The lowest BCUT2D eigenvalue weighted by atomic mass is 10.1. The number of carbonyl (C=O) groups is 3. The molecule has 6 heteroatoms. The summed E-state index contributed by atoms with van der Waals surface area (Å²) in [6.07, 6.45) is -0.516. The van der Waals surface area contributed by atoms with Crippen molar-refractivity contribution < 1.29 is 19.1 Å². The minimum atomic E-state index is -0.651. The van der Waals surface area contributed by atoms with Gasteiger partial charge in [0.2, 0.25) is 0 Å². The third-order valence-corrected chi connectivity index (χ3v) is 4.57. The lowest BCUT2D eigenvalue weighted by molar-refractivity contribution is 0.0179. The van der Waals surface area contributed by atoms with Crippen LogP contribution in [0.15, 0.2) is 54.6 Å². The van der Waals surface area contributed by atoms with Gasteiger partial charge in [0.15, 0.2) is 0 Å². The Morgan fingerprint density at radius 3 is 1.96 bits per heavy atom. The lowest BCUT2D eigenvalue weighted by Gasteiger charge is -2.33. The number of hydrogen-bond acceptors (Lipinski definition) is 4. The van der Waals surface area contributed by atoms with Crippen molar-refractivity contribution in [3.05, 3.63) is 71.3 Å². The number of likely N-dealkylation sites (N-methyl/N-ethyl adjacent to an activating group) is 1. The molecule has 1 heterocycles. The van der Waals surface area contributed by atoms with Crippen LogP contribution in [0.4, 0.5) is 4.79 Å². The molecule has 3 rings (SSSR count). The van der Waals surface area contributed by atoms with E-state index >= 15 is 0 Å². The minimum absolute atomic E-state index is 0.0477. The number of nitrogens with zero attached hydrogens (tertiary/aromatic N) is 2. The van der Waals surface area contributed by atoms with E-state index in [1.165, 1.54) is 9.80 Å². The Labute approximate surface area is 164 Å². The maximum absolute atomic E-state index is 12.8. The number of ether oxygens (including phenoxy) is 1. The first-order valence-electron chi connectivity index (χ1n) is 9.15.